The van der Waals surface area contributed by atoms with E-state index in [4.69, 9.17) is 28.0 Å². The van der Waals surface area contributed by atoms with Crippen LogP contribution in [0.25, 0.3) is 0 Å². The smallest absolute Gasteiger partial charge is 0.325 e. The van der Waals surface area contributed by atoms with Gasteiger partial charge < -0.3 is 80.8 Å². The highest BCUT2D eigenvalue weighted by molar-refractivity contribution is 7.98. The lowest BCUT2D eigenvalue weighted by molar-refractivity contribution is -0.141. The number of amides is 8. The van der Waals surface area contributed by atoms with E-state index < -0.39 is 108 Å². The van der Waals surface area contributed by atoms with Crippen molar-refractivity contribution in [1.82, 2.24) is 42.5 Å². The van der Waals surface area contributed by atoms with Gasteiger partial charge in [0.1, 0.15) is 53.8 Å². The molecule has 8 amide bonds. The summed E-state index contributed by atoms with van der Waals surface area (Å²) < 4.78 is 0. The van der Waals surface area contributed by atoms with Crippen LogP contribution >= 0.6 is 11.8 Å². The lowest BCUT2D eigenvalue weighted by Crippen LogP contribution is -2.60. The fourth-order valence-electron chi connectivity index (χ4n) is 7.19. The Hall–Kier alpha value is -7.19. The number of thioether (sulfide) groups is 1. The Balaban J connectivity index is 2.40. The van der Waals surface area contributed by atoms with E-state index in [1.165, 1.54) is 74.1 Å². The molecule has 0 radical (unpaired) electrons. The van der Waals surface area contributed by atoms with E-state index in [1.54, 1.807) is 6.26 Å². The van der Waals surface area contributed by atoms with Gasteiger partial charge in [-0.2, -0.15) is 11.8 Å². The molecular formula is C49H77N13O12S. The fourth-order valence-corrected chi connectivity index (χ4v) is 7.66. The van der Waals surface area contributed by atoms with E-state index in [0.29, 0.717) is 42.7 Å². The van der Waals surface area contributed by atoms with Crippen molar-refractivity contribution in [3.63, 3.8) is 0 Å². The standard InChI is InChI=1S/C49H77N13O12S/c1-27(2)23-37(60-42(67)34(51)9-8-21-54-49(52)53)46(71)62-39(25-31-13-17-33(64)18-14-31)47(72)61-38(24-30-11-15-32(63)16-12-30)45(70)57-28(3)41(66)58-36(19-22-75-5)44(69)59-35(10-6-7-20-50)43(68)55-26-40(65)56-29(4)48(73)74/h11-18,27-29,34-39,63-64H,6-10,19-26,50-51H2,1-5H3,(H,55,68)(H,56,65)(H,57,70)(H,58,66)(H,59,69)(H,60,67)(H,61,72)(H,62,71)(H,73,74)(H4,52,53,54)/t28-,29-,34-,35-,36-,37-,38-,39-/m0/s1. The van der Waals surface area contributed by atoms with Gasteiger partial charge in [0.05, 0.1) is 12.6 Å². The van der Waals surface area contributed by atoms with Crippen LogP contribution in [0.5, 0.6) is 11.5 Å². The zero-order valence-electron chi connectivity index (χ0n) is 43.2. The van der Waals surface area contributed by atoms with Crippen molar-refractivity contribution in [2.24, 2.45) is 33.8 Å². The highest BCUT2D eigenvalue weighted by atomic mass is 32.2. The number of phenolic OH excluding ortho intramolecular Hbond substituents is 2. The summed E-state index contributed by atoms with van der Waals surface area (Å²) in [4.78, 5) is 124. The van der Waals surface area contributed by atoms with Crippen molar-refractivity contribution in [2.45, 2.75) is 134 Å². The first-order valence-electron chi connectivity index (χ1n) is 24.6. The van der Waals surface area contributed by atoms with Gasteiger partial charge in [0.15, 0.2) is 5.96 Å². The molecule has 0 saturated heterocycles. The number of carbonyl (C=O) groups excluding carboxylic acids is 8. The molecule has 0 saturated carbocycles. The van der Waals surface area contributed by atoms with E-state index in [9.17, 15) is 53.4 Å². The summed E-state index contributed by atoms with van der Waals surface area (Å²) >= 11 is 1.38. The summed E-state index contributed by atoms with van der Waals surface area (Å²) in [6.07, 6.45) is 3.30. The topological polar surface area (TPSA) is 427 Å². The number of hydrogen-bond donors (Lipinski definition) is 15. The van der Waals surface area contributed by atoms with Crippen molar-refractivity contribution in [1.29, 1.82) is 0 Å². The quantitative estimate of drug-likeness (QED) is 0.0201. The SMILES string of the molecule is CSCC[C@H](NC(=O)[C@H](C)NC(=O)[C@H](Cc1ccc(O)cc1)NC(=O)[C@H](Cc1ccc(O)cc1)NC(=O)[C@H](CC(C)C)NC(=O)[C@@H](N)CCCN=C(N)N)C(=O)N[C@@H](CCCCN)C(=O)NCC(=O)N[C@@H](C)C(=O)O. The Morgan fingerprint density at radius 1 is 0.573 bits per heavy atom. The maximum absolute atomic E-state index is 14.4. The Morgan fingerprint density at radius 2 is 1.05 bits per heavy atom. The number of rotatable bonds is 34. The Labute approximate surface area is 441 Å². The highest BCUT2D eigenvalue weighted by Gasteiger charge is 2.34. The normalized spacial score (nSPS) is 14.2. The molecule has 0 aliphatic carbocycles. The zero-order valence-corrected chi connectivity index (χ0v) is 44.0. The van der Waals surface area contributed by atoms with Crippen molar-refractivity contribution in [3.8, 4) is 11.5 Å². The highest BCUT2D eigenvalue weighted by Crippen LogP contribution is 2.15. The monoisotopic (exact) mass is 1070 g/mol. The van der Waals surface area contributed by atoms with E-state index in [1.807, 2.05) is 13.8 Å². The predicted octanol–water partition coefficient (Wildman–Crippen LogP) is -2.17. The van der Waals surface area contributed by atoms with Gasteiger partial charge in [0.25, 0.3) is 0 Å². The first-order chi connectivity index (χ1) is 35.4. The van der Waals surface area contributed by atoms with Crippen molar-refractivity contribution in [3.05, 3.63) is 59.7 Å². The molecule has 416 valence electrons. The van der Waals surface area contributed by atoms with Crippen LogP contribution in [0.3, 0.4) is 0 Å². The van der Waals surface area contributed by atoms with Crippen LogP contribution in [-0.2, 0) is 56.0 Å². The molecular weight excluding hydrogens is 995 g/mol. The molecule has 8 atom stereocenters. The summed E-state index contributed by atoms with van der Waals surface area (Å²) in [6.45, 7) is 6.21. The second kappa shape index (κ2) is 33.6. The minimum atomic E-state index is -1.42. The van der Waals surface area contributed by atoms with Crippen LogP contribution in [0.1, 0.15) is 83.8 Å². The molecule has 0 fully saturated rings. The Kier molecular flexibility index (Phi) is 28.6. The van der Waals surface area contributed by atoms with E-state index in [-0.39, 0.29) is 68.4 Å². The molecule has 0 bridgehead atoms. The van der Waals surface area contributed by atoms with Crippen molar-refractivity contribution >= 4 is 70.9 Å². The first-order valence-corrected chi connectivity index (χ1v) is 26.0. The number of aliphatic carboxylic acids is 1. The number of nitrogens with one attached hydrogen (secondary N) is 8. The number of guanidine groups is 1. The van der Waals surface area contributed by atoms with Crippen LogP contribution in [0.4, 0.5) is 0 Å². The molecule has 0 aromatic heterocycles. The number of nitrogens with zero attached hydrogens (tertiary/aromatic N) is 1. The van der Waals surface area contributed by atoms with Crippen LogP contribution in [0.15, 0.2) is 53.5 Å². The molecule has 25 nitrogen and oxygen atoms in total. The number of carboxylic acid groups (broad SMARTS) is 1. The maximum atomic E-state index is 14.4. The molecule has 0 aliphatic rings. The number of hydrogen-bond acceptors (Lipinski definition) is 15. The molecule has 19 N–H and O–H groups in total. The van der Waals surface area contributed by atoms with Gasteiger partial charge >= 0.3 is 5.97 Å². The maximum Gasteiger partial charge on any atom is 0.325 e. The number of carbonyl (C=O) groups is 9. The van der Waals surface area contributed by atoms with E-state index in [2.05, 4.69) is 47.5 Å². The van der Waals surface area contributed by atoms with Gasteiger partial charge in [0, 0.05) is 19.4 Å². The van der Waals surface area contributed by atoms with Gasteiger partial charge in [0.2, 0.25) is 47.3 Å². The minimum Gasteiger partial charge on any atom is -0.508 e. The van der Waals surface area contributed by atoms with Crippen LogP contribution in [0.2, 0.25) is 0 Å². The number of aromatic hydroxyl groups is 2. The molecule has 75 heavy (non-hydrogen) atoms. The molecule has 2 aromatic rings. The van der Waals surface area contributed by atoms with Gasteiger partial charge in [-0.1, -0.05) is 38.1 Å². The average Bonchev–Trinajstić information content (AvgIpc) is 3.35. The van der Waals surface area contributed by atoms with Crippen LogP contribution < -0.4 is 65.5 Å². The second-order valence-corrected chi connectivity index (χ2v) is 19.4. The van der Waals surface area contributed by atoms with E-state index in [0.717, 1.165) is 0 Å². The predicted molar refractivity (Wildman–Crippen MR) is 282 cm³/mol. The summed E-state index contributed by atoms with van der Waals surface area (Å²) in [5, 5.41) is 49.6. The lowest BCUT2D eigenvalue weighted by atomic mass is 9.99. The first kappa shape index (κ1) is 63.9. The Bertz CT molecular complexity index is 2230. The largest absolute Gasteiger partial charge is 0.508 e. The molecule has 2 rings (SSSR count). The minimum absolute atomic E-state index is 0.0576. The number of benzene rings is 2. The number of phenols is 2. The van der Waals surface area contributed by atoms with Gasteiger partial charge in [-0.15, -0.1) is 0 Å². The number of aliphatic imine (C=N–C) groups is 1. The third kappa shape index (κ3) is 25.1. The zero-order chi connectivity index (χ0) is 56.2. The average molecular weight is 1070 g/mol. The van der Waals surface area contributed by atoms with Gasteiger partial charge in [-0.3, -0.25) is 48.1 Å². The molecule has 0 aliphatic heterocycles. The summed E-state index contributed by atoms with van der Waals surface area (Å²) in [6, 6.07) is 1.72. The number of carboxylic acids is 1. The lowest BCUT2D eigenvalue weighted by Gasteiger charge is -2.27. The molecule has 0 unspecified atom stereocenters. The van der Waals surface area contributed by atoms with E-state index >= 15 is 0 Å². The number of nitrogens with two attached hydrogens (primary N) is 4. The molecule has 0 spiro atoms. The van der Waals surface area contributed by atoms with Gasteiger partial charge in [-0.25, -0.2) is 0 Å². The van der Waals surface area contributed by atoms with Gasteiger partial charge in [-0.05, 0) is 119 Å². The fraction of sp³-hybridized carbons (Fsp3) is 0.551. The van der Waals surface area contributed by atoms with Crippen LogP contribution in [-0.4, -0.2) is 154 Å². The Morgan fingerprint density at radius 3 is 1.56 bits per heavy atom. The number of unbranched alkanes of at least 4 members (excludes halogenated alkanes) is 1. The second-order valence-electron chi connectivity index (χ2n) is 18.4. The summed E-state index contributed by atoms with van der Waals surface area (Å²) in [5.74, 6) is -7.37. The molecule has 26 heteroatoms. The molecule has 2 aromatic carbocycles. The summed E-state index contributed by atoms with van der Waals surface area (Å²) in [7, 11) is 0. The third-order valence-electron chi connectivity index (χ3n) is 11.4. The van der Waals surface area contributed by atoms with Crippen molar-refractivity contribution < 1.29 is 58.5 Å². The van der Waals surface area contributed by atoms with Crippen molar-refractivity contribution in [2.75, 3.05) is 31.6 Å². The van der Waals surface area contributed by atoms with Crippen LogP contribution in [0, 0.1) is 5.92 Å². The third-order valence-corrected chi connectivity index (χ3v) is 12.1. The molecule has 0 heterocycles. The summed E-state index contributed by atoms with van der Waals surface area (Å²) in [5.41, 5.74) is 23.5.